The lowest BCUT2D eigenvalue weighted by atomic mass is 10.1. The fourth-order valence-electron chi connectivity index (χ4n) is 2.02. The Morgan fingerprint density at radius 2 is 1.76 bits per heavy atom. The van der Waals surface area contributed by atoms with Crippen LogP contribution in [0.25, 0.3) is 0 Å². The summed E-state index contributed by atoms with van der Waals surface area (Å²) in [6, 6.07) is 9.57. The summed E-state index contributed by atoms with van der Waals surface area (Å²) in [6.45, 7) is 8.02. The number of hydrogen-bond acceptors (Lipinski definition) is 2. The summed E-state index contributed by atoms with van der Waals surface area (Å²) in [5.41, 5.74) is 0.864. The molecule has 0 aromatic heterocycles. The normalized spacial score (nSPS) is 12.5. The van der Waals surface area contributed by atoms with Crippen LogP contribution in [-0.4, -0.2) is 29.9 Å². The van der Waals surface area contributed by atoms with Crippen LogP contribution < -0.4 is 5.32 Å². The first-order valence-electron chi connectivity index (χ1n) is 6.32. The molecule has 0 fully saturated rings. The summed E-state index contributed by atoms with van der Waals surface area (Å²) in [6.07, 6.45) is 0.834. The third-order valence-electron chi connectivity index (χ3n) is 2.98. The lowest BCUT2D eigenvalue weighted by Gasteiger charge is -2.27. The molecule has 0 saturated heterocycles. The van der Waals surface area contributed by atoms with Crippen molar-refractivity contribution >= 4 is 11.6 Å². The minimum absolute atomic E-state index is 0.0368. The largest absolute Gasteiger partial charge is 0.325 e. The Hall–Kier alpha value is -1.35. The van der Waals surface area contributed by atoms with Crippen molar-refractivity contribution in [1.82, 2.24) is 4.90 Å². The molecule has 17 heavy (non-hydrogen) atoms. The van der Waals surface area contributed by atoms with Crippen molar-refractivity contribution in [3.8, 4) is 0 Å². The number of anilines is 1. The maximum atomic E-state index is 12.2. The van der Waals surface area contributed by atoms with Gasteiger partial charge in [0.05, 0.1) is 6.04 Å². The molecule has 1 atom stereocenters. The van der Waals surface area contributed by atoms with E-state index in [1.807, 2.05) is 37.3 Å². The Morgan fingerprint density at radius 1 is 1.18 bits per heavy atom. The molecule has 1 N–H and O–H groups in total. The van der Waals surface area contributed by atoms with Crippen LogP contribution in [-0.2, 0) is 4.79 Å². The van der Waals surface area contributed by atoms with Gasteiger partial charge >= 0.3 is 0 Å². The van der Waals surface area contributed by atoms with Crippen LogP contribution in [0.1, 0.15) is 27.2 Å². The standard InChI is InChI=1S/C14H22N2O/c1-4-13(16(5-2)6-3)14(17)15-12-10-8-7-9-11-12/h7-11,13H,4-6H2,1-3H3,(H,15,17). The molecule has 1 aromatic rings. The molecule has 0 radical (unpaired) electrons. The number of benzene rings is 1. The number of carbonyl (C=O) groups excluding carboxylic acids is 1. The number of rotatable bonds is 6. The van der Waals surface area contributed by atoms with E-state index < -0.39 is 0 Å². The van der Waals surface area contributed by atoms with Crippen molar-refractivity contribution in [2.75, 3.05) is 18.4 Å². The highest BCUT2D eigenvalue weighted by molar-refractivity contribution is 5.94. The highest BCUT2D eigenvalue weighted by Crippen LogP contribution is 2.10. The molecule has 0 aliphatic rings. The number of carbonyl (C=O) groups is 1. The Labute approximate surface area is 104 Å². The van der Waals surface area contributed by atoms with Crippen molar-refractivity contribution < 1.29 is 4.79 Å². The van der Waals surface area contributed by atoms with Crippen LogP contribution in [0.5, 0.6) is 0 Å². The van der Waals surface area contributed by atoms with E-state index in [-0.39, 0.29) is 11.9 Å². The smallest absolute Gasteiger partial charge is 0.241 e. The molecule has 1 unspecified atom stereocenters. The summed E-state index contributed by atoms with van der Waals surface area (Å²) >= 11 is 0. The Bertz CT molecular complexity index is 333. The van der Waals surface area contributed by atoms with Crippen LogP contribution in [0.2, 0.25) is 0 Å². The van der Waals surface area contributed by atoms with Crippen molar-refractivity contribution in [1.29, 1.82) is 0 Å². The fraction of sp³-hybridized carbons (Fsp3) is 0.500. The van der Waals surface area contributed by atoms with Crippen molar-refractivity contribution in [2.24, 2.45) is 0 Å². The van der Waals surface area contributed by atoms with Crippen LogP contribution in [0, 0.1) is 0 Å². The third-order valence-corrected chi connectivity index (χ3v) is 2.98. The predicted octanol–water partition coefficient (Wildman–Crippen LogP) is 2.75. The van der Waals surface area contributed by atoms with Gasteiger partial charge in [0, 0.05) is 5.69 Å². The average molecular weight is 234 g/mol. The topological polar surface area (TPSA) is 32.3 Å². The monoisotopic (exact) mass is 234 g/mol. The molecule has 1 amide bonds. The van der Waals surface area contributed by atoms with E-state index in [0.717, 1.165) is 25.2 Å². The highest BCUT2D eigenvalue weighted by Gasteiger charge is 2.21. The molecule has 0 spiro atoms. The summed E-state index contributed by atoms with van der Waals surface area (Å²) in [5, 5.41) is 2.96. The zero-order valence-corrected chi connectivity index (χ0v) is 10.9. The van der Waals surface area contributed by atoms with E-state index in [0.29, 0.717) is 0 Å². The lowest BCUT2D eigenvalue weighted by molar-refractivity contribution is -0.121. The predicted molar refractivity (Wildman–Crippen MR) is 72.1 cm³/mol. The second-order valence-corrected chi connectivity index (χ2v) is 4.00. The summed E-state index contributed by atoms with van der Waals surface area (Å²) in [5.74, 6) is 0.0856. The third kappa shape index (κ3) is 3.86. The molecule has 0 heterocycles. The first-order valence-corrected chi connectivity index (χ1v) is 6.32. The molecule has 0 aliphatic carbocycles. The van der Waals surface area contributed by atoms with Crippen molar-refractivity contribution in [2.45, 2.75) is 33.2 Å². The van der Waals surface area contributed by atoms with Gasteiger partial charge in [-0.25, -0.2) is 0 Å². The number of para-hydroxylation sites is 1. The summed E-state index contributed by atoms with van der Waals surface area (Å²) < 4.78 is 0. The quantitative estimate of drug-likeness (QED) is 0.821. The van der Waals surface area contributed by atoms with Gasteiger partial charge in [-0.3, -0.25) is 9.69 Å². The minimum atomic E-state index is -0.0368. The van der Waals surface area contributed by atoms with E-state index >= 15 is 0 Å². The van der Waals surface area contributed by atoms with Gasteiger partial charge in [-0.15, -0.1) is 0 Å². The molecule has 3 heteroatoms. The first-order chi connectivity index (χ1) is 8.22. The average Bonchev–Trinajstić information content (AvgIpc) is 2.36. The Morgan fingerprint density at radius 3 is 2.24 bits per heavy atom. The minimum Gasteiger partial charge on any atom is -0.325 e. The maximum Gasteiger partial charge on any atom is 0.241 e. The molecule has 1 rings (SSSR count). The molecule has 0 saturated carbocycles. The van der Waals surface area contributed by atoms with E-state index in [4.69, 9.17) is 0 Å². The van der Waals surface area contributed by atoms with Gasteiger partial charge in [0.15, 0.2) is 0 Å². The zero-order valence-electron chi connectivity index (χ0n) is 10.9. The maximum absolute atomic E-state index is 12.2. The Kier molecular flexibility index (Phi) is 5.70. The van der Waals surface area contributed by atoms with E-state index in [1.54, 1.807) is 0 Å². The van der Waals surface area contributed by atoms with E-state index in [1.165, 1.54) is 0 Å². The number of likely N-dealkylation sites (N-methyl/N-ethyl adjacent to an activating group) is 1. The SMILES string of the molecule is CCC(C(=O)Nc1ccccc1)N(CC)CC. The number of nitrogens with zero attached hydrogens (tertiary/aromatic N) is 1. The summed E-state index contributed by atoms with van der Waals surface area (Å²) in [7, 11) is 0. The fourth-order valence-corrected chi connectivity index (χ4v) is 2.02. The first kappa shape index (κ1) is 13.7. The van der Waals surface area contributed by atoms with Gasteiger partial charge in [0.25, 0.3) is 0 Å². The van der Waals surface area contributed by atoms with Gasteiger partial charge in [-0.1, -0.05) is 39.0 Å². The van der Waals surface area contributed by atoms with Crippen LogP contribution in [0.4, 0.5) is 5.69 Å². The molecule has 1 aromatic carbocycles. The molecule has 0 aliphatic heterocycles. The second kappa shape index (κ2) is 7.07. The summed E-state index contributed by atoms with van der Waals surface area (Å²) in [4.78, 5) is 14.3. The molecule has 94 valence electrons. The molecular formula is C14H22N2O. The molecular weight excluding hydrogens is 212 g/mol. The number of hydrogen-bond donors (Lipinski definition) is 1. The van der Waals surface area contributed by atoms with Crippen molar-refractivity contribution in [3.63, 3.8) is 0 Å². The lowest BCUT2D eigenvalue weighted by Crippen LogP contribution is -2.43. The van der Waals surface area contributed by atoms with Crippen LogP contribution in [0.3, 0.4) is 0 Å². The van der Waals surface area contributed by atoms with Crippen LogP contribution >= 0.6 is 0 Å². The van der Waals surface area contributed by atoms with Gasteiger partial charge in [0.2, 0.25) is 5.91 Å². The van der Waals surface area contributed by atoms with Gasteiger partial charge in [-0.05, 0) is 31.6 Å². The van der Waals surface area contributed by atoms with E-state index in [9.17, 15) is 4.79 Å². The van der Waals surface area contributed by atoms with Gasteiger partial charge in [0.1, 0.15) is 0 Å². The molecule has 3 nitrogen and oxygen atoms in total. The zero-order chi connectivity index (χ0) is 12.7. The highest BCUT2D eigenvalue weighted by atomic mass is 16.2. The van der Waals surface area contributed by atoms with E-state index in [2.05, 4.69) is 24.1 Å². The van der Waals surface area contributed by atoms with Crippen molar-refractivity contribution in [3.05, 3.63) is 30.3 Å². The second-order valence-electron chi connectivity index (χ2n) is 4.00. The molecule has 0 bridgehead atoms. The van der Waals surface area contributed by atoms with Gasteiger partial charge in [-0.2, -0.15) is 0 Å². The number of nitrogens with one attached hydrogen (secondary N) is 1. The number of amides is 1. The van der Waals surface area contributed by atoms with Gasteiger partial charge < -0.3 is 5.32 Å². The Balaban J connectivity index is 2.67. The van der Waals surface area contributed by atoms with Crippen LogP contribution in [0.15, 0.2) is 30.3 Å².